The minimum Gasteiger partial charge on any atom is -0.322 e. The van der Waals surface area contributed by atoms with Crippen molar-refractivity contribution in [3.05, 3.63) is 0 Å². The summed E-state index contributed by atoms with van der Waals surface area (Å²) < 4.78 is 0. The SMILES string of the molecule is CCC(N)C(=O)CC(C)C. The Morgan fingerprint density at radius 1 is 1.50 bits per heavy atom. The minimum atomic E-state index is -0.234. The van der Waals surface area contributed by atoms with E-state index in [2.05, 4.69) is 0 Å². The van der Waals surface area contributed by atoms with E-state index in [0.717, 1.165) is 6.42 Å². The molecule has 0 saturated carbocycles. The first-order valence-corrected chi connectivity index (χ1v) is 3.86. The molecule has 0 rings (SSSR count). The molecule has 0 spiro atoms. The van der Waals surface area contributed by atoms with Crippen molar-refractivity contribution in [1.82, 2.24) is 0 Å². The molecule has 1 unspecified atom stereocenters. The van der Waals surface area contributed by atoms with E-state index < -0.39 is 0 Å². The third kappa shape index (κ3) is 3.62. The van der Waals surface area contributed by atoms with Gasteiger partial charge in [-0.25, -0.2) is 0 Å². The van der Waals surface area contributed by atoms with Crippen molar-refractivity contribution < 1.29 is 4.79 Å². The molecule has 0 saturated heterocycles. The van der Waals surface area contributed by atoms with E-state index in [1.165, 1.54) is 0 Å². The lowest BCUT2D eigenvalue weighted by Crippen LogP contribution is -2.30. The van der Waals surface area contributed by atoms with Gasteiger partial charge in [0.2, 0.25) is 0 Å². The largest absolute Gasteiger partial charge is 0.322 e. The van der Waals surface area contributed by atoms with Crippen LogP contribution in [0.25, 0.3) is 0 Å². The lowest BCUT2D eigenvalue weighted by atomic mass is 10.0. The lowest BCUT2D eigenvalue weighted by Gasteiger charge is -2.08. The number of nitrogens with two attached hydrogens (primary N) is 1. The molecule has 0 aromatic rings. The van der Waals surface area contributed by atoms with Crippen LogP contribution in [0.4, 0.5) is 0 Å². The van der Waals surface area contributed by atoms with Gasteiger partial charge in [-0.05, 0) is 12.3 Å². The van der Waals surface area contributed by atoms with Crippen LogP contribution in [0.3, 0.4) is 0 Å². The van der Waals surface area contributed by atoms with Gasteiger partial charge in [0, 0.05) is 6.42 Å². The van der Waals surface area contributed by atoms with E-state index in [9.17, 15) is 4.79 Å². The van der Waals surface area contributed by atoms with E-state index in [1.807, 2.05) is 20.8 Å². The van der Waals surface area contributed by atoms with Gasteiger partial charge in [0.1, 0.15) is 5.78 Å². The monoisotopic (exact) mass is 143 g/mol. The zero-order valence-corrected chi connectivity index (χ0v) is 7.05. The summed E-state index contributed by atoms with van der Waals surface area (Å²) in [4.78, 5) is 11.1. The van der Waals surface area contributed by atoms with E-state index in [1.54, 1.807) is 0 Å². The fourth-order valence-electron chi connectivity index (χ4n) is 0.781. The maximum atomic E-state index is 11.1. The number of carbonyl (C=O) groups is 1. The number of rotatable bonds is 4. The average Bonchev–Trinajstić information content (AvgIpc) is 1.85. The second-order valence-corrected chi connectivity index (χ2v) is 3.08. The number of carbonyl (C=O) groups excluding carboxylic acids is 1. The molecule has 0 bridgehead atoms. The Kier molecular flexibility index (Phi) is 4.28. The molecular weight excluding hydrogens is 126 g/mol. The highest BCUT2D eigenvalue weighted by Crippen LogP contribution is 2.03. The molecule has 2 N–H and O–H groups in total. The van der Waals surface area contributed by atoms with Gasteiger partial charge in [-0.2, -0.15) is 0 Å². The third-order valence-corrected chi connectivity index (χ3v) is 1.46. The molecule has 0 aliphatic carbocycles. The number of ketones is 1. The second kappa shape index (κ2) is 4.45. The maximum absolute atomic E-state index is 11.1. The Hall–Kier alpha value is -0.370. The highest BCUT2D eigenvalue weighted by molar-refractivity contribution is 5.83. The first-order chi connectivity index (χ1) is 4.57. The van der Waals surface area contributed by atoms with Crippen LogP contribution in [0, 0.1) is 5.92 Å². The number of Topliss-reactive ketones (excluding diaryl/α,β-unsaturated/α-hetero) is 1. The molecule has 2 heteroatoms. The van der Waals surface area contributed by atoms with E-state index in [0.29, 0.717) is 12.3 Å². The summed E-state index contributed by atoms with van der Waals surface area (Å²) in [5.41, 5.74) is 5.52. The van der Waals surface area contributed by atoms with Gasteiger partial charge in [0.25, 0.3) is 0 Å². The smallest absolute Gasteiger partial charge is 0.149 e. The quantitative estimate of drug-likeness (QED) is 0.645. The summed E-state index contributed by atoms with van der Waals surface area (Å²) in [6.45, 7) is 5.99. The van der Waals surface area contributed by atoms with Gasteiger partial charge in [-0.15, -0.1) is 0 Å². The van der Waals surface area contributed by atoms with Gasteiger partial charge < -0.3 is 5.73 Å². The molecule has 0 aliphatic rings. The van der Waals surface area contributed by atoms with Crippen molar-refractivity contribution in [2.75, 3.05) is 0 Å². The normalized spacial score (nSPS) is 13.7. The van der Waals surface area contributed by atoms with Gasteiger partial charge in [-0.1, -0.05) is 20.8 Å². The molecule has 0 aromatic carbocycles. The lowest BCUT2D eigenvalue weighted by molar-refractivity contribution is -0.121. The molecular formula is C8H17NO. The van der Waals surface area contributed by atoms with Crippen molar-refractivity contribution in [3.8, 4) is 0 Å². The summed E-state index contributed by atoms with van der Waals surface area (Å²) in [6.07, 6.45) is 1.38. The van der Waals surface area contributed by atoms with Crippen molar-refractivity contribution >= 4 is 5.78 Å². The standard InChI is InChI=1S/C8H17NO/c1-4-7(9)8(10)5-6(2)3/h6-7H,4-5,9H2,1-3H3. The zero-order chi connectivity index (χ0) is 8.15. The Balaban J connectivity index is 3.62. The molecule has 0 fully saturated rings. The van der Waals surface area contributed by atoms with Crippen molar-refractivity contribution in [2.45, 2.75) is 39.7 Å². The Morgan fingerprint density at radius 2 is 2.00 bits per heavy atom. The van der Waals surface area contributed by atoms with E-state index in [4.69, 9.17) is 5.73 Å². The third-order valence-electron chi connectivity index (χ3n) is 1.46. The summed E-state index contributed by atoms with van der Waals surface area (Å²) in [5, 5.41) is 0. The summed E-state index contributed by atoms with van der Waals surface area (Å²) in [5.74, 6) is 0.627. The highest BCUT2D eigenvalue weighted by atomic mass is 16.1. The van der Waals surface area contributed by atoms with Crippen molar-refractivity contribution in [2.24, 2.45) is 11.7 Å². The summed E-state index contributed by atoms with van der Waals surface area (Å²) >= 11 is 0. The van der Waals surface area contributed by atoms with E-state index >= 15 is 0 Å². The highest BCUT2D eigenvalue weighted by Gasteiger charge is 2.11. The molecule has 0 heterocycles. The first-order valence-electron chi connectivity index (χ1n) is 3.86. The number of hydrogen-bond acceptors (Lipinski definition) is 2. The van der Waals surface area contributed by atoms with Crippen LogP contribution < -0.4 is 5.73 Å². The molecule has 0 amide bonds. The van der Waals surface area contributed by atoms with E-state index in [-0.39, 0.29) is 11.8 Å². The van der Waals surface area contributed by atoms with Gasteiger partial charge in [0.05, 0.1) is 6.04 Å². The molecule has 0 aliphatic heterocycles. The fourth-order valence-corrected chi connectivity index (χ4v) is 0.781. The topological polar surface area (TPSA) is 43.1 Å². The Labute approximate surface area is 62.8 Å². The van der Waals surface area contributed by atoms with Crippen molar-refractivity contribution in [3.63, 3.8) is 0 Å². The van der Waals surface area contributed by atoms with Gasteiger partial charge in [-0.3, -0.25) is 4.79 Å². The summed E-state index contributed by atoms with van der Waals surface area (Å²) in [7, 11) is 0. The molecule has 60 valence electrons. The van der Waals surface area contributed by atoms with Crippen LogP contribution in [-0.4, -0.2) is 11.8 Å². The predicted molar refractivity (Wildman–Crippen MR) is 42.7 cm³/mol. The second-order valence-electron chi connectivity index (χ2n) is 3.08. The van der Waals surface area contributed by atoms with Crippen molar-refractivity contribution in [1.29, 1.82) is 0 Å². The molecule has 0 radical (unpaired) electrons. The number of hydrogen-bond donors (Lipinski definition) is 1. The maximum Gasteiger partial charge on any atom is 0.149 e. The average molecular weight is 143 g/mol. The predicted octanol–water partition coefficient (Wildman–Crippen LogP) is 1.34. The van der Waals surface area contributed by atoms with Crippen LogP contribution in [0.5, 0.6) is 0 Å². The van der Waals surface area contributed by atoms with Crippen LogP contribution >= 0.6 is 0 Å². The first kappa shape index (κ1) is 9.63. The fraction of sp³-hybridized carbons (Fsp3) is 0.875. The van der Waals surface area contributed by atoms with Crippen LogP contribution in [0.15, 0.2) is 0 Å². The minimum absolute atomic E-state index is 0.192. The molecule has 2 nitrogen and oxygen atoms in total. The van der Waals surface area contributed by atoms with Gasteiger partial charge in [0.15, 0.2) is 0 Å². The van der Waals surface area contributed by atoms with Crippen LogP contribution in [-0.2, 0) is 4.79 Å². The Bertz CT molecular complexity index is 110. The van der Waals surface area contributed by atoms with Crippen LogP contribution in [0.2, 0.25) is 0 Å². The molecule has 0 aromatic heterocycles. The molecule has 1 atom stereocenters. The van der Waals surface area contributed by atoms with Crippen LogP contribution in [0.1, 0.15) is 33.6 Å². The van der Waals surface area contributed by atoms with Gasteiger partial charge >= 0.3 is 0 Å². The zero-order valence-electron chi connectivity index (χ0n) is 7.05. The Morgan fingerprint density at radius 3 is 2.30 bits per heavy atom. The molecule has 10 heavy (non-hydrogen) atoms. The summed E-state index contributed by atoms with van der Waals surface area (Å²) in [6, 6.07) is -0.234.